The van der Waals surface area contributed by atoms with Crippen molar-refractivity contribution in [2.24, 2.45) is 0 Å². The van der Waals surface area contributed by atoms with Gasteiger partial charge in [-0.3, -0.25) is 4.98 Å². The first-order valence-electron chi connectivity index (χ1n) is 9.74. The van der Waals surface area contributed by atoms with E-state index in [1.54, 1.807) is 12.3 Å². The number of nitrogens with zero attached hydrogens (tertiary/aromatic N) is 3. The van der Waals surface area contributed by atoms with Crippen molar-refractivity contribution in [3.05, 3.63) is 64.8 Å². The van der Waals surface area contributed by atoms with Gasteiger partial charge in [-0.25, -0.2) is 0 Å². The standard InChI is InChI=1S/C23H20F3N3O/c1-15-10-19-21(28-7-6-22(19)29-8-2-3-9-29)11-17(15)14-30-18-5-4-16(13-27)20(12-18)23(24,25)26/h4-7,10-12H,2-3,8-9,14H2,1H3. The van der Waals surface area contributed by atoms with E-state index in [1.807, 2.05) is 19.1 Å². The molecule has 0 N–H and O–H groups in total. The van der Waals surface area contributed by atoms with Crippen molar-refractivity contribution in [3.63, 3.8) is 0 Å². The maximum atomic E-state index is 13.2. The van der Waals surface area contributed by atoms with Crippen molar-refractivity contribution in [2.75, 3.05) is 18.0 Å². The quantitative estimate of drug-likeness (QED) is 0.560. The molecule has 154 valence electrons. The molecule has 1 aliphatic heterocycles. The van der Waals surface area contributed by atoms with Crippen molar-refractivity contribution >= 4 is 16.6 Å². The maximum Gasteiger partial charge on any atom is 0.417 e. The molecule has 3 aromatic rings. The van der Waals surface area contributed by atoms with Gasteiger partial charge in [0.1, 0.15) is 12.4 Å². The second-order valence-electron chi connectivity index (χ2n) is 7.43. The molecule has 7 heteroatoms. The number of alkyl halides is 3. The fraction of sp³-hybridized carbons (Fsp3) is 0.304. The lowest BCUT2D eigenvalue weighted by Gasteiger charge is -2.20. The van der Waals surface area contributed by atoms with Crippen LogP contribution in [0.1, 0.15) is 35.1 Å². The van der Waals surface area contributed by atoms with Gasteiger partial charge in [0, 0.05) is 30.4 Å². The highest BCUT2D eigenvalue weighted by Crippen LogP contribution is 2.35. The second-order valence-corrected chi connectivity index (χ2v) is 7.43. The van der Waals surface area contributed by atoms with Crippen LogP contribution in [0.4, 0.5) is 18.9 Å². The molecule has 4 rings (SSSR count). The number of anilines is 1. The summed E-state index contributed by atoms with van der Waals surface area (Å²) in [5, 5.41) is 9.99. The molecule has 0 amide bonds. The molecule has 0 unspecified atom stereocenters. The van der Waals surface area contributed by atoms with Crippen LogP contribution in [0.25, 0.3) is 10.9 Å². The van der Waals surface area contributed by atoms with Crippen LogP contribution in [0.15, 0.2) is 42.6 Å². The average molecular weight is 411 g/mol. The maximum absolute atomic E-state index is 13.2. The van der Waals surface area contributed by atoms with Crippen LogP contribution >= 0.6 is 0 Å². The van der Waals surface area contributed by atoms with Crippen molar-refractivity contribution in [1.29, 1.82) is 5.26 Å². The molecule has 1 aromatic heterocycles. The first-order valence-corrected chi connectivity index (χ1v) is 9.74. The van der Waals surface area contributed by atoms with Crippen LogP contribution < -0.4 is 9.64 Å². The highest BCUT2D eigenvalue weighted by Gasteiger charge is 2.34. The molecule has 1 saturated heterocycles. The van der Waals surface area contributed by atoms with Crippen molar-refractivity contribution in [2.45, 2.75) is 32.5 Å². The summed E-state index contributed by atoms with van der Waals surface area (Å²) in [5.74, 6) is 0.0691. The molecule has 0 aliphatic carbocycles. The van der Waals surface area contributed by atoms with Crippen LogP contribution in [0.3, 0.4) is 0 Å². The summed E-state index contributed by atoms with van der Waals surface area (Å²) in [6.07, 6.45) is -0.468. The van der Waals surface area contributed by atoms with Gasteiger partial charge in [0.05, 0.1) is 22.7 Å². The minimum atomic E-state index is -4.61. The van der Waals surface area contributed by atoms with E-state index in [9.17, 15) is 13.2 Å². The summed E-state index contributed by atoms with van der Waals surface area (Å²) < 4.78 is 45.1. The third-order valence-corrected chi connectivity index (χ3v) is 5.43. The van der Waals surface area contributed by atoms with Gasteiger partial charge in [-0.15, -0.1) is 0 Å². The summed E-state index contributed by atoms with van der Waals surface area (Å²) in [6, 6.07) is 11.0. The Kier molecular flexibility index (Phi) is 5.25. The monoisotopic (exact) mass is 411 g/mol. The average Bonchev–Trinajstić information content (AvgIpc) is 3.25. The first kappa shape index (κ1) is 20.0. The molecule has 2 heterocycles. The Morgan fingerprint density at radius 3 is 2.60 bits per heavy atom. The Labute approximate surface area is 172 Å². The Morgan fingerprint density at radius 1 is 1.13 bits per heavy atom. The highest BCUT2D eigenvalue weighted by molar-refractivity contribution is 5.92. The van der Waals surface area contributed by atoms with Gasteiger partial charge >= 0.3 is 6.18 Å². The van der Waals surface area contributed by atoms with E-state index in [-0.39, 0.29) is 12.4 Å². The number of rotatable bonds is 4. The van der Waals surface area contributed by atoms with Crippen molar-refractivity contribution in [3.8, 4) is 11.8 Å². The first-order chi connectivity index (χ1) is 14.4. The topological polar surface area (TPSA) is 49.2 Å². The van der Waals surface area contributed by atoms with Gasteiger partial charge in [-0.05, 0) is 67.3 Å². The van der Waals surface area contributed by atoms with E-state index in [1.165, 1.54) is 18.9 Å². The van der Waals surface area contributed by atoms with Crippen LogP contribution in [-0.2, 0) is 12.8 Å². The van der Waals surface area contributed by atoms with Gasteiger partial charge < -0.3 is 9.64 Å². The predicted octanol–water partition coefficient (Wildman–Crippen LogP) is 5.61. The minimum Gasteiger partial charge on any atom is -0.489 e. The lowest BCUT2D eigenvalue weighted by atomic mass is 10.0. The lowest BCUT2D eigenvalue weighted by Crippen LogP contribution is -2.18. The zero-order chi connectivity index (χ0) is 21.3. The summed E-state index contributed by atoms with van der Waals surface area (Å²) in [6.45, 7) is 4.13. The smallest absolute Gasteiger partial charge is 0.417 e. The molecule has 0 spiro atoms. The third kappa shape index (κ3) is 3.90. The van der Waals surface area contributed by atoms with E-state index in [0.717, 1.165) is 52.9 Å². The summed E-state index contributed by atoms with van der Waals surface area (Å²) in [5.41, 5.74) is 2.42. The van der Waals surface area contributed by atoms with Crippen LogP contribution in [0.5, 0.6) is 5.75 Å². The number of pyridine rings is 1. The van der Waals surface area contributed by atoms with E-state index in [0.29, 0.717) is 0 Å². The molecule has 30 heavy (non-hydrogen) atoms. The lowest BCUT2D eigenvalue weighted by molar-refractivity contribution is -0.137. The normalized spacial score (nSPS) is 14.2. The SMILES string of the molecule is Cc1cc2c(N3CCCC3)ccnc2cc1COc1ccc(C#N)c(C(F)(F)F)c1. The fourth-order valence-corrected chi connectivity index (χ4v) is 3.83. The Morgan fingerprint density at radius 2 is 1.90 bits per heavy atom. The molecular weight excluding hydrogens is 391 g/mol. The summed E-state index contributed by atoms with van der Waals surface area (Å²) in [7, 11) is 0. The number of hydrogen-bond donors (Lipinski definition) is 0. The van der Waals surface area contributed by atoms with Gasteiger partial charge in [0.2, 0.25) is 0 Å². The van der Waals surface area contributed by atoms with Gasteiger partial charge in [-0.1, -0.05) is 0 Å². The number of fused-ring (bicyclic) bond motifs is 1. The van der Waals surface area contributed by atoms with E-state index < -0.39 is 17.3 Å². The number of halogens is 3. The van der Waals surface area contributed by atoms with Gasteiger partial charge in [-0.2, -0.15) is 18.4 Å². The molecule has 0 saturated carbocycles. The number of benzene rings is 2. The number of ether oxygens (including phenoxy) is 1. The molecule has 2 aromatic carbocycles. The molecule has 0 radical (unpaired) electrons. The summed E-state index contributed by atoms with van der Waals surface area (Å²) >= 11 is 0. The number of aromatic nitrogens is 1. The predicted molar refractivity (Wildman–Crippen MR) is 108 cm³/mol. The zero-order valence-corrected chi connectivity index (χ0v) is 16.5. The van der Waals surface area contributed by atoms with E-state index in [4.69, 9.17) is 10.00 Å². The number of nitriles is 1. The molecule has 1 fully saturated rings. The fourth-order valence-electron chi connectivity index (χ4n) is 3.83. The summed E-state index contributed by atoms with van der Waals surface area (Å²) in [4.78, 5) is 6.83. The molecular formula is C23H20F3N3O. The number of aryl methyl sites for hydroxylation is 1. The van der Waals surface area contributed by atoms with Gasteiger partial charge in [0.15, 0.2) is 0 Å². The zero-order valence-electron chi connectivity index (χ0n) is 16.5. The minimum absolute atomic E-state index is 0.0691. The third-order valence-electron chi connectivity index (χ3n) is 5.43. The van der Waals surface area contributed by atoms with E-state index in [2.05, 4.69) is 16.0 Å². The second kappa shape index (κ2) is 7.86. The van der Waals surface area contributed by atoms with Crippen molar-refractivity contribution < 1.29 is 17.9 Å². The Bertz CT molecular complexity index is 1130. The Hall–Kier alpha value is -3.27. The molecule has 0 bridgehead atoms. The van der Waals surface area contributed by atoms with Crippen LogP contribution in [0.2, 0.25) is 0 Å². The van der Waals surface area contributed by atoms with Crippen LogP contribution in [-0.4, -0.2) is 18.1 Å². The van der Waals surface area contributed by atoms with Gasteiger partial charge in [0.25, 0.3) is 0 Å². The van der Waals surface area contributed by atoms with Crippen molar-refractivity contribution in [1.82, 2.24) is 4.98 Å². The Balaban J connectivity index is 1.61. The van der Waals surface area contributed by atoms with Crippen LogP contribution in [0, 0.1) is 18.3 Å². The molecule has 4 nitrogen and oxygen atoms in total. The molecule has 1 aliphatic rings. The largest absolute Gasteiger partial charge is 0.489 e. The van der Waals surface area contributed by atoms with E-state index >= 15 is 0 Å². The molecule has 0 atom stereocenters. The number of hydrogen-bond acceptors (Lipinski definition) is 4. The highest BCUT2D eigenvalue weighted by atomic mass is 19.4.